The maximum absolute atomic E-state index is 4.42. The molecule has 0 saturated heterocycles. The smallest absolute Gasteiger partial charge is 0 e. The van der Waals surface area contributed by atoms with Crippen LogP contribution in [0.1, 0.15) is 0 Å². The van der Waals surface area contributed by atoms with Crippen LogP contribution in [0.15, 0.2) is 0 Å². The van der Waals surface area contributed by atoms with E-state index in [0.717, 1.165) is 0 Å². The van der Waals surface area contributed by atoms with E-state index in [-0.39, 0.29) is 65.4 Å². The van der Waals surface area contributed by atoms with Gasteiger partial charge in [0.2, 0.25) is 0 Å². The van der Waals surface area contributed by atoms with Gasteiger partial charge in [0.25, 0.3) is 0 Å². The van der Waals surface area contributed by atoms with E-state index in [1.165, 1.54) is 0 Å². The largest absolute Gasteiger partial charge is 0.314 e. The molecular formula is H4NPY2. The van der Waals surface area contributed by atoms with Crippen LogP contribution in [-0.2, 0) is 65.4 Å². The fourth-order valence-electron chi connectivity index (χ4n) is 0. The minimum absolute atomic E-state index is 0. The Kier molecular flexibility index (Phi) is 70.0. The Hall–Kier alpha value is 2.60. The number of hydrogen-bond donors (Lipinski definition) is 1. The summed E-state index contributed by atoms with van der Waals surface area (Å²) in [6.07, 6.45) is 0. The summed E-state index contributed by atoms with van der Waals surface area (Å²) >= 11 is 0. The molecule has 0 rings (SSSR count). The van der Waals surface area contributed by atoms with E-state index < -0.39 is 0 Å². The van der Waals surface area contributed by atoms with Crippen LogP contribution in [0.5, 0.6) is 0 Å². The van der Waals surface area contributed by atoms with Gasteiger partial charge in [0, 0.05) is 65.4 Å². The molecular weight excluding hydrogens is 223 g/mol. The van der Waals surface area contributed by atoms with Gasteiger partial charge >= 0.3 is 0 Å². The van der Waals surface area contributed by atoms with Gasteiger partial charge in [-0.1, -0.05) is 9.39 Å². The first-order valence-electron chi connectivity index (χ1n) is 0.333. The predicted octanol–water partition coefficient (Wildman–Crippen LogP) is -0.270. The molecule has 0 aliphatic heterocycles. The Bertz CT molecular complexity index is 6.00. The summed E-state index contributed by atoms with van der Waals surface area (Å²) in [6.45, 7) is 0. The quantitative estimate of drug-likeness (QED) is 0.566. The average Bonchev–Trinajstić information content (AvgIpc) is 1.00. The number of hydrogen-bond acceptors (Lipinski definition) is 1. The van der Waals surface area contributed by atoms with Gasteiger partial charge in [-0.25, -0.2) is 0 Å². The molecule has 1 atom stereocenters. The van der Waals surface area contributed by atoms with Crippen LogP contribution in [0.4, 0.5) is 0 Å². The molecule has 0 aromatic heterocycles. The summed E-state index contributed by atoms with van der Waals surface area (Å²) < 4.78 is 0. The van der Waals surface area contributed by atoms with Crippen molar-refractivity contribution in [1.29, 1.82) is 0 Å². The molecule has 0 heterocycles. The first-order chi connectivity index (χ1) is 1.00. The fraction of sp³-hybridized carbons (Fsp3) is 0. The summed E-state index contributed by atoms with van der Waals surface area (Å²) in [5, 5.41) is 0. The maximum Gasteiger partial charge on any atom is 0 e. The van der Waals surface area contributed by atoms with Crippen molar-refractivity contribution < 1.29 is 65.4 Å². The molecule has 2 radical (unpaired) electrons. The number of rotatable bonds is 0. The summed E-state index contributed by atoms with van der Waals surface area (Å²) in [7, 11) is 1.92. The molecule has 0 aromatic rings. The van der Waals surface area contributed by atoms with Crippen molar-refractivity contribution in [3.8, 4) is 0 Å². The van der Waals surface area contributed by atoms with Crippen molar-refractivity contribution in [2.45, 2.75) is 0 Å². The van der Waals surface area contributed by atoms with Crippen molar-refractivity contribution in [2.75, 3.05) is 0 Å². The molecule has 4 heteroatoms. The molecule has 2 N–H and O–H groups in total. The van der Waals surface area contributed by atoms with Crippen molar-refractivity contribution in [3.63, 3.8) is 0 Å². The Morgan fingerprint density at radius 3 is 1.00 bits per heavy atom. The van der Waals surface area contributed by atoms with Crippen molar-refractivity contribution in [1.82, 2.24) is 0 Å². The summed E-state index contributed by atoms with van der Waals surface area (Å²) in [5.41, 5.74) is 4.42. The Balaban J connectivity index is -0.00000000500. The van der Waals surface area contributed by atoms with Crippen molar-refractivity contribution >= 4 is 9.39 Å². The van der Waals surface area contributed by atoms with Gasteiger partial charge in [-0.2, -0.15) is 0 Å². The van der Waals surface area contributed by atoms with Crippen molar-refractivity contribution in [2.24, 2.45) is 5.50 Å². The standard InChI is InChI=1S/H4NP.2Y/c1-2;;/h1-2H2;;. The van der Waals surface area contributed by atoms with Crippen LogP contribution in [0.25, 0.3) is 0 Å². The van der Waals surface area contributed by atoms with Crippen LogP contribution in [0.3, 0.4) is 0 Å². The van der Waals surface area contributed by atoms with E-state index in [1.807, 2.05) is 9.39 Å². The van der Waals surface area contributed by atoms with Gasteiger partial charge in [0.15, 0.2) is 0 Å². The molecule has 0 amide bonds. The van der Waals surface area contributed by atoms with Crippen LogP contribution in [0.2, 0.25) is 0 Å². The van der Waals surface area contributed by atoms with Crippen molar-refractivity contribution in [3.05, 3.63) is 0 Å². The van der Waals surface area contributed by atoms with Crippen LogP contribution >= 0.6 is 9.39 Å². The predicted molar refractivity (Wildman–Crippen MR) is 13.9 cm³/mol. The summed E-state index contributed by atoms with van der Waals surface area (Å²) in [5.74, 6) is 0. The molecule has 0 aliphatic rings. The normalized spacial score (nSPS) is 1.50. The summed E-state index contributed by atoms with van der Waals surface area (Å²) in [4.78, 5) is 0. The molecule has 4 heavy (non-hydrogen) atoms. The average molecular weight is 227 g/mol. The van der Waals surface area contributed by atoms with E-state index in [2.05, 4.69) is 5.50 Å². The molecule has 0 saturated carbocycles. The topological polar surface area (TPSA) is 26.0 Å². The first kappa shape index (κ1) is 16.0. The fourth-order valence-corrected chi connectivity index (χ4v) is 0. The van der Waals surface area contributed by atoms with E-state index in [9.17, 15) is 0 Å². The molecule has 0 spiro atoms. The third-order valence-electron chi connectivity index (χ3n) is 0. The third-order valence-corrected chi connectivity index (χ3v) is 0. The Morgan fingerprint density at radius 2 is 1.00 bits per heavy atom. The zero-order valence-electron chi connectivity index (χ0n) is 2.31. The number of nitrogens with two attached hydrogens (primary N) is 1. The van der Waals surface area contributed by atoms with Gasteiger partial charge in [0.1, 0.15) is 0 Å². The second kappa shape index (κ2) is 17.5. The van der Waals surface area contributed by atoms with Gasteiger partial charge in [-0.05, 0) is 0 Å². The molecule has 20 valence electrons. The zero-order valence-corrected chi connectivity index (χ0v) is 9.14. The second-order valence-corrected chi connectivity index (χ2v) is 0. The van der Waals surface area contributed by atoms with Crippen LogP contribution < -0.4 is 5.50 Å². The molecule has 1 unspecified atom stereocenters. The van der Waals surface area contributed by atoms with E-state index >= 15 is 0 Å². The van der Waals surface area contributed by atoms with E-state index in [1.54, 1.807) is 0 Å². The van der Waals surface area contributed by atoms with Gasteiger partial charge in [-0.3, -0.25) is 0 Å². The minimum atomic E-state index is 0. The third kappa shape index (κ3) is 8.82. The van der Waals surface area contributed by atoms with Crippen LogP contribution in [0, 0.1) is 0 Å². The molecule has 1 nitrogen and oxygen atoms in total. The summed E-state index contributed by atoms with van der Waals surface area (Å²) in [6, 6.07) is 0. The maximum atomic E-state index is 4.42. The Labute approximate surface area is 78.9 Å². The van der Waals surface area contributed by atoms with Gasteiger partial charge < -0.3 is 5.50 Å². The van der Waals surface area contributed by atoms with Crippen LogP contribution in [-0.4, -0.2) is 0 Å². The van der Waals surface area contributed by atoms with E-state index in [0.29, 0.717) is 0 Å². The van der Waals surface area contributed by atoms with Gasteiger partial charge in [0.05, 0.1) is 0 Å². The molecule has 0 bridgehead atoms. The van der Waals surface area contributed by atoms with E-state index in [4.69, 9.17) is 0 Å². The molecule has 0 aromatic carbocycles. The first-order valence-corrected chi connectivity index (χ1v) is 1.00. The molecule has 0 aliphatic carbocycles. The second-order valence-electron chi connectivity index (χ2n) is 0. The van der Waals surface area contributed by atoms with Gasteiger partial charge in [-0.15, -0.1) is 0 Å². The SMILES string of the molecule is NP.[Y].[Y]. The molecule has 0 fully saturated rings. The minimum Gasteiger partial charge on any atom is -0.314 e. The monoisotopic (exact) mass is 227 g/mol. The zero-order chi connectivity index (χ0) is 2.00. The Morgan fingerprint density at radius 1 is 1.00 bits per heavy atom.